The summed E-state index contributed by atoms with van der Waals surface area (Å²) in [5.41, 5.74) is 0. The molecule has 0 aromatic rings. The molecule has 1 fully saturated rings. The average Bonchev–Trinajstić information content (AvgIpc) is 2.11. The molecule has 1 aliphatic rings. The Labute approximate surface area is 60.8 Å². The first-order valence-electron chi connectivity index (χ1n) is 3.10. The van der Waals surface area contributed by atoms with Crippen LogP contribution in [0, 0.1) is 0 Å². The smallest absolute Gasteiger partial charge is 0.213 e. The lowest BCUT2D eigenvalue weighted by Gasteiger charge is -2.15. The summed E-state index contributed by atoms with van der Waals surface area (Å²) in [6.07, 6.45) is 0.910. The van der Waals surface area contributed by atoms with Gasteiger partial charge >= 0.3 is 0 Å². The average molecular weight is 165 g/mol. The van der Waals surface area contributed by atoms with Crippen LogP contribution in [0.2, 0.25) is 0 Å². The van der Waals surface area contributed by atoms with Gasteiger partial charge in [0.25, 0.3) is 0 Å². The zero-order chi connectivity index (χ0) is 7.78. The number of sulfonamides is 1. The van der Waals surface area contributed by atoms with Gasteiger partial charge in [-0.3, -0.25) is 0 Å². The zero-order valence-electron chi connectivity index (χ0n) is 6.07. The van der Waals surface area contributed by atoms with Gasteiger partial charge in [-0.15, -0.1) is 0 Å². The molecule has 1 heterocycles. The molecule has 60 valence electrons. The summed E-state index contributed by atoms with van der Waals surface area (Å²) in [4.78, 5) is 0. The summed E-state index contributed by atoms with van der Waals surface area (Å²) in [5, 5.41) is 0. The van der Waals surface area contributed by atoms with Crippen LogP contribution >= 0.6 is 0 Å². The zero-order valence-corrected chi connectivity index (χ0v) is 6.89. The predicted molar refractivity (Wildman–Crippen MR) is 37.0 cm³/mol. The van der Waals surface area contributed by atoms with E-state index in [0.717, 1.165) is 0 Å². The van der Waals surface area contributed by atoms with Gasteiger partial charge in [-0.25, -0.2) is 8.42 Å². The monoisotopic (exact) mass is 165 g/mol. The van der Waals surface area contributed by atoms with Crippen LogP contribution in [0.4, 0.5) is 0 Å². The minimum atomic E-state index is -3.04. The fourth-order valence-corrected chi connectivity index (χ4v) is 2.02. The van der Waals surface area contributed by atoms with Crippen molar-refractivity contribution in [2.45, 2.75) is 13.2 Å². The van der Waals surface area contributed by atoms with Crippen molar-refractivity contribution >= 4 is 10.0 Å². The summed E-state index contributed by atoms with van der Waals surface area (Å²) in [5.74, 6) is 0. The molecule has 1 saturated heterocycles. The third kappa shape index (κ3) is 1.47. The van der Waals surface area contributed by atoms with Crippen LogP contribution in [0.3, 0.4) is 0 Å². The molecule has 1 aliphatic heterocycles. The lowest BCUT2D eigenvalue weighted by Crippen LogP contribution is -2.33. The molecule has 1 atom stereocenters. The normalized spacial score (nSPS) is 29.2. The van der Waals surface area contributed by atoms with E-state index in [-0.39, 0.29) is 6.23 Å². The van der Waals surface area contributed by atoms with Crippen molar-refractivity contribution < 1.29 is 13.2 Å². The first-order chi connectivity index (χ1) is 4.52. The van der Waals surface area contributed by atoms with E-state index in [9.17, 15) is 8.42 Å². The van der Waals surface area contributed by atoms with Crippen molar-refractivity contribution in [3.63, 3.8) is 0 Å². The molecule has 1 rings (SSSR count). The van der Waals surface area contributed by atoms with Crippen molar-refractivity contribution in [1.29, 1.82) is 0 Å². The highest BCUT2D eigenvalue weighted by Crippen LogP contribution is 2.12. The topological polar surface area (TPSA) is 46.6 Å². The molecular weight excluding hydrogens is 154 g/mol. The first kappa shape index (κ1) is 7.97. The molecule has 0 radical (unpaired) electrons. The van der Waals surface area contributed by atoms with E-state index in [1.54, 1.807) is 6.92 Å². The van der Waals surface area contributed by atoms with Crippen molar-refractivity contribution in [3.05, 3.63) is 0 Å². The van der Waals surface area contributed by atoms with Crippen molar-refractivity contribution in [2.75, 3.05) is 19.4 Å². The molecule has 5 heteroatoms. The van der Waals surface area contributed by atoms with E-state index < -0.39 is 10.0 Å². The van der Waals surface area contributed by atoms with Gasteiger partial charge < -0.3 is 4.74 Å². The number of ether oxygens (including phenoxy) is 1. The number of hydrogen-bond acceptors (Lipinski definition) is 3. The van der Waals surface area contributed by atoms with E-state index in [1.807, 2.05) is 0 Å². The highest BCUT2D eigenvalue weighted by molar-refractivity contribution is 7.88. The second-order valence-electron chi connectivity index (χ2n) is 2.34. The summed E-state index contributed by atoms with van der Waals surface area (Å²) >= 11 is 0. The standard InChI is InChI=1S/C5H11NO3S/c1-5-6(3-4-9-5)10(2,7)8/h5H,3-4H2,1-2H3. The number of rotatable bonds is 1. The first-order valence-corrected chi connectivity index (χ1v) is 4.95. The third-order valence-corrected chi connectivity index (χ3v) is 2.83. The summed E-state index contributed by atoms with van der Waals surface area (Å²) in [6, 6.07) is 0. The fourth-order valence-electron chi connectivity index (χ4n) is 1.01. The Bertz CT molecular complexity index is 211. The quantitative estimate of drug-likeness (QED) is 0.532. The molecule has 0 aliphatic carbocycles. The fraction of sp³-hybridized carbons (Fsp3) is 1.00. The Kier molecular flexibility index (Phi) is 1.98. The van der Waals surface area contributed by atoms with Crippen molar-refractivity contribution in [1.82, 2.24) is 4.31 Å². The van der Waals surface area contributed by atoms with Gasteiger partial charge in [0.1, 0.15) is 6.23 Å². The Balaban J connectivity index is 2.74. The Hall–Kier alpha value is -0.130. The molecule has 4 nitrogen and oxygen atoms in total. The van der Waals surface area contributed by atoms with Crippen LogP contribution in [0.5, 0.6) is 0 Å². The predicted octanol–water partition coefficient (Wildman–Crippen LogP) is -0.376. The SMILES string of the molecule is CC1OCCN1S(C)(=O)=O. The van der Waals surface area contributed by atoms with Gasteiger partial charge in [-0.1, -0.05) is 0 Å². The molecule has 0 amide bonds. The molecule has 1 unspecified atom stereocenters. The molecule has 10 heavy (non-hydrogen) atoms. The molecule has 0 spiro atoms. The van der Waals surface area contributed by atoms with Crippen LogP contribution in [0.1, 0.15) is 6.92 Å². The molecule has 0 aromatic heterocycles. The van der Waals surface area contributed by atoms with Crippen LogP contribution in [0.15, 0.2) is 0 Å². The molecule has 0 saturated carbocycles. The Morgan fingerprint density at radius 3 is 2.40 bits per heavy atom. The minimum Gasteiger partial charge on any atom is -0.361 e. The summed E-state index contributed by atoms with van der Waals surface area (Å²) in [7, 11) is -3.04. The minimum absolute atomic E-state index is 0.282. The second kappa shape index (κ2) is 2.48. The molecule has 0 N–H and O–H groups in total. The Morgan fingerprint density at radius 1 is 1.60 bits per heavy atom. The van der Waals surface area contributed by atoms with Crippen LogP contribution in [0.25, 0.3) is 0 Å². The van der Waals surface area contributed by atoms with Gasteiger partial charge in [0.15, 0.2) is 0 Å². The molecular formula is C5H11NO3S. The number of nitrogens with zero attached hydrogens (tertiary/aromatic N) is 1. The van der Waals surface area contributed by atoms with Crippen molar-refractivity contribution in [2.24, 2.45) is 0 Å². The maximum atomic E-state index is 10.9. The highest BCUT2D eigenvalue weighted by atomic mass is 32.2. The van der Waals surface area contributed by atoms with Crippen LogP contribution in [-0.4, -0.2) is 38.4 Å². The van der Waals surface area contributed by atoms with Crippen molar-refractivity contribution in [3.8, 4) is 0 Å². The van der Waals surface area contributed by atoms with Gasteiger partial charge in [0.05, 0.1) is 12.9 Å². The lowest BCUT2D eigenvalue weighted by atomic mass is 10.7. The Morgan fingerprint density at radius 2 is 2.20 bits per heavy atom. The second-order valence-corrected chi connectivity index (χ2v) is 4.28. The maximum Gasteiger partial charge on any atom is 0.213 e. The van der Waals surface area contributed by atoms with Crippen LogP contribution in [-0.2, 0) is 14.8 Å². The van der Waals surface area contributed by atoms with Gasteiger partial charge in [0.2, 0.25) is 10.0 Å². The molecule has 0 aromatic carbocycles. The van der Waals surface area contributed by atoms with E-state index in [0.29, 0.717) is 13.2 Å². The van der Waals surface area contributed by atoms with E-state index >= 15 is 0 Å². The maximum absolute atomic E-state index is 10.9. The van der Waals surface area contributed by atoms with Crippen LogP contribution < -0.4 is 0 Å². The van der Waals surface area contributed by atoms with E-state index in [2.05, 4.69) is 0 Å². The summed E-state index contributed by atoms with van der Waals surface area (Å²) in [6.45, 7) is 2.72. The van der Waals surface area contributed by atoms with E-state index in [4.69, 9.17) is 4.74 Å². The summed E-state index contributed by atoms with van der Waals surface area (Å²) < 4.78 is 28.2. The number of hydrogen-bond donors (Lipinski definition) is 0. The van der Waals surface area contributed by atoms with Gasteiger partial charge in [0, 0.05) is 6.54 Å². The lowest BCUT2D eigenvalue weighted by molar-refractivity contribution is 0.0849. The van der Waals surface area contributed by atoms with Gasteiger partial charge in [-0.05, 0) is 6.92 Å². The largest absolute Gasteiger partial charge is 0.361 e. The van der Waals surface area contributed by atoms with E-state index in [1.165, 1.54) is 10.6 Å². The highest BCUT2D eigenvalue weighted by Gasteiger charge is 2.28. The third-order valence-electron chi connectivity index (χ3n) is 1.50. The van der Waals surface area contributed by atoms with Gasteiger partial charge in [-0.2, -0.15) is 4.31 Å². The molecule has 0 bridgehead atoms.